The van der Waals surface area contributed by atoms with Crippen LogP contribution in [0.1, 0.15) is 16.7 Å². The number of aryl methyl sites for hydroxylation is 1. The van der Waals surface area contributed by atoms with Crippen molar-refractivity contribution < 1.29 is 4.79 Å². The topological polar surface area (TPSA) is 44.4 Å². The van der Waals surface area contributed by atoms with Crippen LogP contribution in [0.15, 0.2) is 18.2 Å². The highest BCUT2D eigenvalue weighted by molar-refractivity contribution is 5.73. The minimum atomic E-state index is -0.0523. The highest BCUT2D eigenvalue weighted by Gasteiger charge is 2.02. The van der Waals surface area contributed by atoms with Gasteiger partial charge >= 0.3 is 6.03 Å². The van der Waals surface area contributed by atoms with E-state index in [0.29, 0.717) is 6.54 Å². The zero-order valence-corrected chi connectivity index (χ0v) is 11.7. The molecule has 2 amide bonds. The Bertz CT molecular complexity index is 402. The van der Waals surface area contributed by atoms with Gasteiger partial charge in [-0.2, -0.15) is 0 Å². The van der Waals surface area contributed by atoms with Crippen LogP contribution in [0.4, 0.5) is 4.79 Å². The molecule has 4 nitrogen and oxygen atoms in total. The number of amides is 2. The van der Waals surface area contributed by atoms with E-state index in [2.05, 4.69) is 42.7 Å². The highest BCUT2D eigenvalue weighted by Crippen LogP contribution is 2.11. The largest absolute Gasteiger partial charge is 0.337 e. The lowest BCUT2D eigenvalue weighted by molar-refractivity contribution is 0.217. The summed E-state index contributed by atoms with van der Waals surface area (Å²) in [7, 11) is 3.47. The van der Waals surface area contributed by atoms with E-state index in [0.717, 1.165) is 13.1 Å². The van der Waals surface area contributed by atoms with Crippen molar-refractivity contribution in [3.8, 4) is 0 Å². The molecule has 0 radical (unpaired) electrons. The molecule has 0 unspecified atom stereocenters. The lowest BCUT2D eigenvalue weighted by Gasteiger charge is -2.13. The highest BCUT2D eigenvalue weighted by atomic mass is 16.2. The van der Waals surface area contributed by atoms with Crippen LogP contribution in [0, 0.1) is 13.8 Å². The Hall–Kier alpha value is -1.55. The fourth-order valence-electron chi connectivity index (χ4n) is 1.64. The van der Waals surface area contributed by atoms with Crippen LogP contribution >= 0.6 is 0 Å². The molecule has 0 aliphatic carbocycles. The molecule has 0 saturated carbocycles. The van der Waals surface area contributed by atoms with Crippen molar-refractivity contribution in [3.05, 3.63) is 34.9 Å². The average molecular weight is 249 g/mol. The fourth-order valence-corrected chi connectivity index (χ4v) is 1.64. The first-order valence-corrected chi connectivity index (χ1v) is 6.23. The van der Waals surface area contributed by atoms with Crippen molar-refractivity contribution in [1.29, 1.82) is 0 Å². The van der Waals surface area contributed by atoms with Crippen molar-refractivity contribution in [3.63, 3.8) is 0 Å². The summed E-state index contributed by atoms with van der Waals surface area (Å²) in [5.74, 6) is 0. The molecule has 0 spiro atoms. The van der Waals surface area contributed by atoms with Crippen molar-refractivity contribution in [2.24, 2.45) is 0 Å². The number of benzene rings is 1. The number of nitrogens with one attached hydrogen (secondary N) is 2. The van der Waals surface area contributed by atoms with Crippen LogP contribution in [0.2, 0.25) is 0 Å². The SMILES string of the molecule is Cc1cccc(CNCCNC(=O)N(C)C)c1C. The predicted octanol–water partition coefficient (Wildman–Crippen LogP) is 1.66. The molecule has 0 saturated heterocycles. The number of nitrogens with zero attached hydrogens (tertiary/aromatic N) is 1. The van der Waals surface area contributed by atoms with Crippen molar-refractivity contribution >= 4 is 6.03 Å². The van der Waals surface area contributed by atoms with E-state index in [4.69, 9.17) is 0 Å². The van der Waals surface area contributed by atoms with Gasteiger partial charge in [0.25, 0.3) is 0 Å². The molecule has 0 bridgehead atoms. The van der Waals surface area contributed by atoms with Crippen LogP contribution in [0.5, 0.6) is 0 Å². The molecule has 0 atom stereocenters. The Labute approximate surface area is 109 Å². The third-order valence-corrected chi connectivity index (χ3v) is 3.02. The molecule has 1 aromatic rings. The molecule has 100 valence electrons. The Morgan fingerprint density at radius 3 is 2.61 bits per heavy atom. The van der Waals surface area contributed by atoms with Gasteiger partial charge in [0, 0.05) is 33.7 Å². The van der Waals surface area contributed by atoms with Gasteiger partial charge in [-0.25, -0.2) is 4.79 Å². The number of hydrogen-bond donors (Lipinski definition) is 2. The normalized spacial score (nSPS) is 10.2. The van der Waals surface area contributed by atoms with Crippen molar-refractivity contribution in [2.75, 3.05) is 27.2 Å². The van der Waals surface area contributed by atoms with E-state index >= 15 is 0 Å². The molecule has 0 heterocycles. The summed E-state index contributed by atoms with van der Waals surface area (Å²) in [6, 6.07) is 6.28. The van der Waals surface area contributed by atoms with Crippen molar-refractivity contribution in [1.82, 2.24) is 15.5 Å². The molecule has 1 aromatic carbocycles. The fraction of sp³-hybridized carbons (Fsp3) is 0.500. The Balaban J connectivity index is 2.26. The lowest BCUT2D eigenvalue weighted by atomic mass is 10.0. The maximum atomic E-state index is 11.3. The van der Waals surface area contributed by atoms with Gasteiger partial charge in [0.1, 0.15) is 0 Å². The van der Waals surface area contributed by atoms with Gasteiger partial charge in [-0.15, -0.1) is 0 Å². The second-order valence-corrected chi connectivity index (χ2v) is 4.66. The summed E-state index contributed by atoms with van der Waals surface area (Å²) in [5.41, 5.74) is 3.96. The smallest absolute Gasteiger partial charge is 0.316 e. The quantitative estimate of drug-likeness (QED) is 0.780. The van der Waals surface area contributed by atoms with E-state index in [1.807, 2.05) is 0 Å². The van der Waals surface area contributed by atoms with Gasteiger partial charge in [0.15, 0.2) is 0 Å². The van der Waals surface area contributed by atoms with Crippen LogP contribution in [0.3, 0.4) is 0 Å². The Kier molecular flexibility index (Phi) is 5.65. The molecule has 2 N–H and O–H groups in total. The summed E-state index contributed by atoms with van der Waals surface area (Å²) in [5, 5.41) is 6.15. The van der Waals surface area contributed by atoms with E-state index in [-0.39, 0.29) is 6.03 Å². The van der Waals surface area contributed by atoms with E-state index < -0.39 is 0 Å². The maximum Gasteiger partial charge on any atom is 0.316 e. The molecule has 0 aliphatic rings. The molecule has 18 heavy (non-hydrogen) atoms. The molecular formula is C14H23N3O. The first kappa shape index (κ1) is 14.5. The molecule has 0 fully saturated rings. The number of urea groups is 1. The molecular weight excluding hydrogens is 226 g/mol. The zero-order chi connectivity index (χ0) is 13.5. The van der Waals surface area contributed by atoms with Crippen LogP contribution < -0.4 is 10.6 Å². The van der Waals surface area contributed by atoms with Gasteiger partial charge in [-0.1, -0.05) is 18.2 Å². The Morgan fingerprint density at radius 2 is 1.94 bits per heavy atom. The summed E-state index contributed by atoms with van der Waals surface area (Å²) in [6.07, 6.45) is 0. The Morgan fingerprint density at radius 1 is 1.22 bits per heavy atom. The monoisotopic (exact) mass is 249 g/mol. The number of carbonyl (C=O) groups excluding carboxylic acids is 1. The predicted molar refractivity (Wildman–Crippen MR) is 74.7 cm³/mol. The second-order valence-electron chi connectivity index (χ2n) is 4.66. The molecule has 4 heteroatoms. The van der Waals surface area contributed by atoms with Crippen molar-refractivity contribution in [2.45, 2.75) is 20.4 Å². The van der Waals surface area contributed by atoms with Gasteiger partial charge in [0.05, 0.1) is 0 Å². The van der Waals surface area contributed by atoms with E-state index in [9.17, 15) is 4.79 Å². The minimum Gasteiger partial charge on any atom is -0.337 e. The number of carbonyl (C=O) groups is 1. The summed E-state index contributed by atoms with van der Waals surface area (Å²) >= 11 is 0. The average Bonchev–Trinajstić information content (AvgIpc) is 2.33. The number of hydrogen-bond acceptors (Lipinski definition) is 2. The summed E-state index contributed by atoms with van der Waals surface area (Å²) in [6.45, 7) is 6.51. The minimum absolute atomic E-state index is 0.0523. The first-order chi connectivity index (χ1) is 8.52. The van der Waals surface area contributed by atoms with Gasteiger partial charge < -0.3 is 15.5 Å². The number of rotatable bonds is 5. The summed E-state index contributed by atoms with van der Waals surface area (Å²) < 4.78 is 0. The zero-order valence-electron chi connectivity index (χ0n) is 11.7. The van der Waals surface area contributed by atoms with E-state index in [1.54, 1.807) is 14.1 Å². The van der Waals surface area contributed by atoms with Crippen LogP contribution in [-0.2, 0) is 6.54 Å². The van der Waals surface area contributed by atoms with Gasteiger partial charge in [-0.3, -0.25) is 0 Å². The summed E-state index contributed by atoms with van der Waals surface area (Å²) in [4.78, 5) is 12.8. The van der Waals surface area contributed by atoms with Crippen LogP contribution in [-0.4, -0.2) is 38.1 Å². The molecule has 1 rings (SSSR count). The second kappa shape index (κ2) is 7.01. The van der Waals surface area contributed by atoms with Crippen LogP contribution in [0.25, 0.3) is 0 Å². The van der Waals surface area contributed by atoms with E-state index in [1.165, 1.54) is 21.6 Å². The lowest BCUT2D eigenvalue weighted by Crippen LogP contribution is -2.38. The molecule has 0 aliphatic heterocycles. The standard InChI is InChI=1S/C14H23N3O/c1-11-6-5-7-13(12(11)2)10-15-8-9-16-14(18)17(3)4/h5-7,15H,8-10H2,1-4H3,(H,16,18). The maximum absolute atomic E-state index is 11.3. The first-order valence-electron chi connectivity index (χ1n) is 6.23. The van der Waals surface area contributed by atoms with Gasteiger partial charge in [-0.05, 0) is 30.5 Å². The third kappa shape index (κ3) is 4.37. The van der Waals surface area contributed by atoms with Gasteiger partial charge in [0.2, 0.25) is 0 Å². The molecule has 0 aromatic heterocycles. The third-order valence-electron chi connectivity index (χ3n) is 3.02.